The number of anilines is 2. The third kappa shape index (κ3) is 3.55. The van der Waals surface area contributed by atoms with Gasteiger partial charge in [0, 0.05) is 32.7 Å². The molecule has 0 unspecified atom stereocenters. The molecule has 0 spiro atoms. The summed E-state index contributed by atoms with van der Waals surface area (Å²) >= 11 is 0. The summed E-state index contributed by atoms with van der Waals surface area (Å²) in [7, 11) is 1.97. The summed E-state index contributed by atoms with van der Waals surface area (Å²) in [5.74, 6) is 0.327. The Bertz CT molecular complexity index is 553. The van der Waals surface area contributed by atoms with Crippen LogP contribution in [0.3, 0.4) is 0 Å². The van der Waals surface area contributed by atoms with Crippen LogP contribution in [0.5, 0.6) is 0 Å². The van der Waals surface area contributed by atoms with Crippen LogP contribution in [0, 0.1) is 11.7 Å². The number of piperidine rings is 1. The molecular weight excluding hydrogens is 297 g/mol. The lowest BCUT2D eigenvalue weighted by atomic mass is 9.95. The van der Waals surface area contributed by atoms with Crippen molar-refractivity contribution >= 4 is 17.3 Å². The van der Waals surface area contributed by atoms with Crippen molar-refractivity contribution in [1.29, 1.82) is 0 Å². The van der Waals surface area contributed by atoms with Gasteiger partial charge in [0.2, 0.25) is 5.91 Å². The Morgan fingerprint density at radius 3 is 2.65 bits per heavy atom. The maximum atomic E-state index is 14.0. The van der Waals surface area contributed by atoms with E-state index in [-0.39, 0.29) is 11.7 Å². The molecule has 0 bridgehead atoms. The minimum atomic E-state index is -0.363. The molecule has 0 atom stereocenters. The number of halogens is 1. The van der Waals surface area contributed by atoms with Crippen LogP contribution < -0.4 is 10.6 Å². The Labute approximate surface area is 136 Å². The summed E-state index contributed by atoms with van der Waals surface area (Å²) in [5, 5.41) is 0. The van der Waals surface area contributed by atoms with Crippen LogP contribution in [0.25, 0.3) is 0 Å². The zero-order valence-corrected chi connectivity index (χ0v) is 13.5. The fourth-order valence-corrected chi connectivity index (χ4v) is 3.45. The van der Waals surface area contributed by atoms with Gasteiger partial charge >= 0.3 is 0 Å². The first-order valence-electron chi connectivity index (χ1n) is 8.15. The second kappa shape index (κ2) is 6.70. The number of piperazine rings is 1. The summed E-state index contributed by atoms with van der Waals surface area (Å²) in [6.45, 7) is 4.59. The van der Waals surface area contributed by atoms with Crippen molar-refractivity contribution in [2.45, 2.75) is 12.8 Å². The quantitative estimate of drug-likeness (QED) is 0.892. The summed E-state index contributed by atoms with van der Waals surface area (Å²) in [5.41, 5.74) is 6.72. The smallest absolute Gasteiger partial charge is 0.236 e. The number of carbonyl (C=O) groups excluding carboxylic acids is 1. The van der Waals surface area contributed by atoms with E-state index in [0.717, 1.165) is 45.6 Å². The van der Waals surface area contributed by atoms with Crippen LogP contribution in [0.4, 0.5) is 15.8 Å². The highest BCUT2D eigenvalue weighted by molar-refractivity contribution is 5.79. The summed E-state index contributed by atoms with van der Waals surface area (Å²) in [4.78, 5) is 21.8. The minimum absolute atomic E-state index is 0.214. The van der Waals surface area contributed by atoms with Crippen LogP contribution in [0.15, 0.2) is 12.4 Å². The Balaban J connectivity index is 1.56. The molecule has 2 aliphatic heterocycles. The molecule has 6 nitrogen and oxygen atoms in total. The first-order valence-corrected chi connectivity index (χ1v) is 8.15. The van der Waals surface area contributed by atoms with Gasteiger partial charge in [-0.2, -0.15) is 0 Å². The average molecular weight is 321 g/mol. The standard InChI is InChI=1S/C16H24FN5O/c1-20-6-7-22(15(23)11-20)10-12-2-4-21(5-3-12)16-13(17)8-19-9-14(16)18/h8-9,12H,2-7,10-11,18H2,1H3. The largest absolute Gasteiger partial charge is 0.396 e. The van der Waals surface area contributed by atoms with Gasteiger partial charge in [0.1, 0.15) is 0 Å². The van der Waals surface area contributed by atoms with E-state index in [2.05, 4.69) is 9.88 Å². The molecule has 2 fully saturated rings. The van der Waals surface area contributed by atoms with Gasteiger partial charge in [-0.25, -0.2) is 4.39 Å². The van der Waals surface area contributed by atoms with Gasteiger partial charge in [-0.15, -0.1) is 0 Å². The van der Waals surface area contributed by atoms with Crippen molar-refractivity contribution < 1.29 is 9.18 Å². The molecule has 1 aromatic rings. The van der Waals surface area contributed by atoms with E-state index in [1.165, 1.54) is 12.4 Å². The number of rotatable bonds is 3. The van der Waals surface area contributed by atoms with Gasteiger partial charge in [0.15, 0.2) is 5.82 Å². The van der Waals surface area contributed by atoms with Crippen molar-refractivity contribution in [1.82, 2.24) is 14.8 Å². The topological polar surface area (TPSA) is 65.7 Å². The molecule has 23 heavy (non-hydrogen) atoms. The van der Waals surface area contributed by atoms with E-state index in [9.17, 15) is 9.18 Å². The highest BCUT2D eigenvalue weighted by Crippen LogP contribution is 2.30. The molecule has 2 N–H and O–H groups in total. The van der Waals surface area contributed by atoms with Crippen molar-refractivity contribution in [3.63, 3.8) is 0 Å². The van der Waals surface area contributed by atoms with Gasteiger partial charge in [-0.3, -0.25) is 14.7 Å². The molecule has 2 aliphatic rings. The second-order valence-electron chi connectivity index (χ2n) is 6.57. The second-order valence-corrected chi connectivity index (χ2v) is 6.57. The summed E-state index contributed by atoms with van der Waals surface area (Å²) in [6, 6.07) is 0. The molecule has 126 valence electrons. The van der Waals surface area contributed by atoms with Gasteiger partial charge in [-0.05, 0) is 25.8 Å². The van der Waals surface area contributed by atoms with Crippen LogP contribution in [0.2, 0.25) is 0 Å². The SMILES string of the molecule is CN1CCN(CC2CCN(c3c(N)cncc3F)CC2)C(=O)C1. The molecule has 0 aromatic carbocycles. The number of carbonyl (C=O) groups is 1. The number of amides is 1. The molecule has 1 amide bonds. The predicted octanol–water partition coefficient (Wildman–Crippen LogP) is 0.793. The molecule has 3 rings (SSSR count). The third-order valence-corrected chi connectivity index (χ3v) is 4.82. The van der Waals surface area contributed by atoms with Gasteiger partial charge in [0.05, 0.1) is 30.3 Å². The fourth-order valence-electron chi connectivity index (χ4n) is 3.45. The summed E-state index contributed by atoms with van der Waals surface area (Å²) < 4.78 is 14.0. The Morgan fingerprint density at radius 2 is 2.00 bits per heavy atom. The molecule has 2 saturated heterocycles. The van der Waals surface area contributed by atoms with Crippen LogP contribution in [-0.4, -0.2) is 67.0 Å². The van der Waals surface area contributed by atoms with Crippen molar-refractivity contribution in [3.05, 3.63) is 18.2 Å². The van der Waals surface area contributed by atoms with E-state index >= 15 is 0 Å². The van der Waals surface area contributed by atoms with Gasteiger partial charge in [0.25, 0.3) is 0 Å². The van der Waals surface area contributed by atoms with Crippen molar-refractivity contribution in [2.75, 3.05) is 56.9 Å². The maximum absolute atomic E-state index is 14.0. The molecule has 7 heteroatoms. The Morgan fingerprint density at radius 1 is 1.26 bits per heavy atom. The molecule has 3 heterocycles. The zero-order chi connectivity index (χ0) is 16.4. The average Bonchev–Trinajstić information content (AvgIpc) is 2.51. The minimum Gasteiger partial charge on any atom is -0.396 e. The van der Waals surface area contributed by atoms with Crippen molar-refractivity contribution in [3.8, 4) is 0 Å². The lowest BCUT2D eigenvalue weighted by Crippen LogP contribution is -2.51. The Hall–Kier alpha value is -1.89. The molecule has 0 saturated carbocycles. The predicted molar refractivity (Wildman–Crippen MR) is 87.6 cm³/mol. The van der Waals surface area contributed by atoms with E-state index in [1.54, 1.807) is 0 Å². The van der Waals surface area contributed by atoms with E-state index in [0.29, 0.717) is 23.8 Å². The number of likely N-dealkylation sites (N-methyl/N-ethyl adjacent to an activating group) is 1. The number of aromatic nitrogens is 1. The fraction of sp³-hybridized carbons (Fsp3) is 0.625. The van der Waals surface area contributed by atoms with Crippen molar-refractivity contribution in [2.24, 2.45) is 5.92 Å². The zero-order valence-electron chi connectivity index (χ0n) is 13.5. The number of nitrogens with two attached hydrogens (primary N) is 1. The number of hydrogen-bond donors (Lipinski definition) is 1. The monoisotopic (exact) mass is 321 g/mol. The first-order chi connectivity index (χ1) is 11.0. The Kier molecular flexibility index (Phi) is 4.66. The van der Waals surface area contributed by atoms with Gasteiger partial charge in [-0.1, -0.05) is 0 Å². The highest BCUT2D eigenvalue weighted by atomic mass is 19.1. The highest BCUT2D eigenvalue weighted by Gasteiger charge is 2.28. The summed E-state index contributed by atoms with van der Waals surface area (Å²) in [6.07, 6.45) is 4.59. The lowest BCUT2D eigenvalue weighted by molar-refractivity contribution is -0.136. The molecule has 0 aliphatic carbocycles. The van der Waals surface area contributed by atoms with Gasteiger partial charge < -0.3 is 15.5 Å². The van der Waals surface area contributed by atoms with Crippen LogP contribution >= 0.6 is 0 Å². The van der Waals surface area contributed by atoms with E-state index in [4.69, 9.17) is 5.73 Å². The van der Waals surface area contributed by atoms with E-state index < -0.39 is 0 Å². The molecular formula is C16H24FN5O. The van der Waals surface area contributed by atoms with Crippen LogP contribution in [-0.2, 0) is 4.79 Å². The third-order valence-electron chi connectivity index (χ3n) is 4.82. The normalized spacial score (nSPS) is 21.0. The molecule has 1 aromatic heterocycles. The van der Waals surface area contributed by atoms with E-state index in [1.807, 2.05) is 16.8 Å². The number of hydrogen-bond acceptors (Lipinski definition) is 5. The first kappa shape index (κ1) is 16.0. The number of nitrogens with zero attached hydrogens (tertiary/aromatic N) is 4. The molecule has 0 radical (unpaired) electrons. The maximum Gasteiger partial charge on any atom is 0.236 e. The number of nitrogen functional groups attached to an aromatic ring is 1. The lowest BCUT2D eigenvalue weighted by Gasteiger charge is -2.38. The number of pyridine rings is 1. The van der Waals surface area contributed by atoms with Crippen LogP contribution in [0.1, 0.15) is 12.8 Å².